The van der Waals surface area contributed by atoms with Crippen LogP contribution in [0.3, 0.4) is 0 Å². The van der Waals surface area contributed by atoms with Crippen LogP contribution in [0.5, 0.6) is 0 Å². The number of nitrogens with two attached hydrogens (primary N) is 1. The molecule has 1 fully saturated rings. The number of aromatic nitrogens is 4. The van der Waals surface area contributed by atoms with E-state index in [2.05, 4.69) is 60.6 Å². The van der Waals surface area contributed by atoms with Gasteiger partial charge in [0, 0.05) is 61.9 Å². The van der Waals surface area contributed by atoms with Crippen LogP contribution >= 0.6 is 11.8 Å². The molecule has 3 aromatic rings. The number of anilines is 1. The number of alkyl halides is 3. The van der Waals surface area contributed by atoms with E-state index in [4.69, 9.17) is 4.79 Å². The summed E-state index contributed by atoms with van der Waals surface area (Å²) in [6.07, 6.45) is 4.46. The Bertz CT molecular complexity index is 1070. The number of piperazine rings is 1. The molecule has 1 unspecified atom stereocenters. The van der Waals surface area contributed by atoms with Crippen LogP contribution in [0, 0.1) is 0 Å². The third-order valence-corrected chi connectivity index (χ3v) is 5.93. The lowest BCUT2D eigenvalue weighted by Gasteiger charge is -2.38. The Hall–Kier alpha value is -2.99. The molecular weight excluding hydrogens is 455 g/mol. The molecular formula is C21H24F3N7OS. The summed E-state index contributed by atoms with van der Waals surface area (Å²) in [7, 11) is 0. The summed E-state index contributed by atoms with van der Waals surface area (Å²) in [4.78, 5) is 32.8. The molecule has 12 heteroatoms. The molecule has 0 radical (unpaired) electrons. The number of carbonyl (C=O) groups excluding carboxylic acids is 1. The highest BCUT2D eigenvalue weighted by atomic mass is 32.2. The number of hydrogen-bond donors (Lipinski definition) is 1. The smallest absolute Gasteiger partial charge is 0.362 e. The summed E-state index contributed by atoms with van der Waals surface area (Å²) < 4.78 is 32.1. The van der Waals surface area contributed by atoms with Crippen molar-refractivity contribution in [3.05, 3.63) is 48.5 Å². The van der Waals surface area contributed by atoms with E-state index in [-0.39, 0.29) is 0 Å². The standard InChI is InChI=1S/C19H22N6S.C2H2F3NO/c1-14(15-3-4-17-18(11-15)21-6-5-20-17)24-7-9-25(10-8-24)19-22-12-16(26-2)13-23-19;3-2(4,5)1(6)7/h3-6,11-14H,7-10H2,1-2H3;(H2,6,7). The van der Waals surface area contributed by atoms with Gasteiger partial charge in [0.15, 0.2) is 0 Å². The van der Waals surface area contributed by atoms with Crippen LogP contribution in [0.2, 0.25) is 0 Å². The lowest BCUT2D eigenvalue weighted by molar-refractivity contribution is -0.169. The summed E-state index contributed by atoms with van der Waals surface area (Å²) >= 11 is 1.67. The van der Waals surface area contributed by atoms with E-state index in [1.807, 2.05) is 18.6 Å². The molecule has 0 bridgehead atoms. The first kappa shape index (κ1) is 24.6. The maximum atomic E-state index is 10.7. The van der Waals surface area contributed by atoms with Crippen LogP contribution in [0.25, 0.3) is 11.0 Å². The zero-order chi connectivity index (χ0) is 24.0. The molecule has 2 aromatic heterocycles. The van der Waals surface area contributed by atoms with E-state index in [1.165, 1.54) is 5.56 Å². The molecule has 3 heterocycles. The summed E-state index contributed by atoms with van der Waals surface area (Å²) in [6.45, 7) is 6.13. The van der Waals surface area contributed by atoms with Crippen molar-refractivity contribution >= 4 is 34.7 Å². The largest absolute Gasteiger partial charge is 0.470 e. The van der Waals surface area contributed by atoms with Gasteiger partial charge in [-0.1, -0.05) is 6.07 Å². The fourth-order valence-electron chi connectivity index (χ4n) is 3.34. The van der Waals surface area contributed by atoms with Crippen molar-refractivity contribution in [2.45, 2.75) is 24.0 Å². The van der Waals surface area contributed by atoms with Gasteiger partial charge in [0.25, 0.3) is 0 Å². The molecule has 8 nitrogen and oxygen atoms in total. The number of rotatable bonds is 4. The average molecular weight is 480 g/mol. The van der Waals surface area contributed by atoms with Gasteiger partial charge in [-0.2, -0.15) is 13.2 Å². The molecule has 1 amide bonds. The first-order chi connectivity index (χ1) is 15.7. The maximum Gasteiger partial charge on any atom is 0.470 e. The summed E-state index contributed by atoms with van der Waals surface area (Å²) in [5.41, 5.74) is 6.99. The van der Waals surface area contributed by atoms with Crippen LogP contribution in [-0.4, -0.2) is 69.4 Å². The average Bonchev–Trinajstić information content (AvgIpc) is 2.83. The quantitative estimate of drug-likeness (QED) is 0.570. The topological polar surface area (TPSA) is 101 Å². The third kappa shape index (κ3) is 6.51. The third-order valence-electron chi connectivity index (χ3n) is 5.25. The van der Waals surface area contributed by atoms with Crippen molar-refractivity contribution in [3.63, 3.8) is 0 Å². The van der Waals surface area contributed by atoms with Crippen LogP contribution in [0.15, 0.2) is 47.9 Å². The van der Waals surface area contributed by atoms with Crippen LogP contribution in [0.1, 0.15) is 18.5 Å². The van der Waals surface area contributed by atoms with Gasteiger partial charge in [-0.25, -0.2) is 9.97 Å². The van der Waals surface area contributed by atoms with E-state index in [1.54, 1.807) is 24.2 Å². The molecule has 0 aliphatic carbocycles. The van der Waals surface area contributed by atoms with Gasteiger partial charge in [-0.15, -0.1) is 11.8 Å². The Labute approximate surface area is 193 Å². The number of hydrogen-bond acceptors (Lipinski definition) is 8. The van der Waals surface area contributed by atoms with Crippen molar-refractivity contribution < 1.29 is 18.0 Å². The molecule has 1 saturated heterocycles. The Morgan fingerprint density at radius 1 is 1.03 bits per heavy atom. The lowest BCUT2D eigenvalue weighted by Crippen LogP contribution is -2.47. The monoisotopic (exact) mass is 479 g/mol. The lowest BCUT2D eigenvalue weighted by atomic mass is 10.1. The van der Waals surface area contributed by atoms with Crippen molar-refractivity contribution in [2.24, 2.45) is 5.73 Å². The predicted molar refractivity (Wildman–Crippen MR) is 121 cm³/mol. The van der Waals surface area contributed by atoms with Crippen LogP contribution < -0.4 is 10.6 Å². The molecule has 1 aliphatic heterocycles. The molecule has 176 valence electrons. The Kier molecular flexibility index (Phi) is 8.03. The fourth-order valence-corrected chi connectivity index (χ4v) is 3.65. The molecule has 0 spiro atoms. The number of benzene rings is 1. The SMILES string of the molecule is CSc1cnc(N2CCN(C(C)c3ccc4nccnc4c3)CC2)nc1.NC(=O)C(F)(F)F. The first-order valence-corrected chi connectivity index (χ1v) is 11.3. The van der Waals surface area contributed by atoms with Crippen molar-refractivity contribution in [3.8, 4) is 0 Å². The van der Waals surface area contributed by atoms with Gasteiger partial charge >= 0.3 is 12.1 Å². The highest BCUT2D eigenvalue weighted by Gasteiger charge is 2.35. The van der Waals surface area contributed by atoms with Gasteiger partial charge in [0.2, 0.25) is 5.95 Å². The number of thioether (sulfide) groups is 1. The van der Waals surface area contributed by atoms with Gasteiger partial charge in [0.05, 0.1) is 11.0 Å². The van der Waals surface area contributed by atoms with Crippen molar-refractivity contribution in [1.82, 2.24) is 24.8 Å². The van der Waals surface area contributed by atoms with Gasteiger partial charge in [-0.3, -0.25) is 19.7 Å². The first-order valence-electron chi connectivity index (χ1n) is 10.1. The molecule has 1 atom stereocenters. The highest BCUT2D eigenvalue weighted by molar-refractivity contribution is 7.98. The predicted octanol–water partition coefficient (Wildman–Crippen LogP) is 3.06. The number of amides is 1. The number of halogens is 3. The number of primary amides is 1. The number of carbonyl (C=O) groups is 1. The van der Waals surface area contributed by atoms with E-state index < -0.39 is 12.1 Å². The Morgan fingerprint density at radius 2 is 1.61 bits per heavy atom. The van der Waals surface area contributed by atoms with E-state index in [0.29, 0.717) is 6.04 Å². The fraction of sp³-hybridized carbons (Fsp3) is 0.381. The molecule has 33 heavy (non-hydrogen) atoms. The van der Waals surface area contributed by atoms with Gasteiger partial charge < -0.3 is 10.6 Å². The van der Waals surface area contributed by atoms with Gasteiger partial charge in [-0.05, 0) is 30.9 Å². The molecule has 1 aromatic carbocycles. The minimum atomic E-state index is -4.86. The van der Waals surface area contributed by atoms with Gasteiger partial charge in [0.1, 0.15) is 0 Å². The van der Waals surface area contributed by atoms with E-state index in [9.17, 15) is 13.2 Å². The minimum absolute atomic E-state index is 0.350. The second kappa shape index (κ2) is 10.8. The molecule has 1 aliphatic rings. The molecule has 4 rings (SSSR count). The van der Waals surface area contributed by atoms with E-state index in [0.717, 1.165) is 48.1 Å². The Balaban J connectivity index is 0.000000383. The Morgan fingerprint density at radius 3 is 2.15 bits per heavy atom. The second-order valence-corrected chi connectivity index (χ2v) is 8.17. The number of nitrogens with zero attached hydrogens (tertiary/aromatic N) is 6. The molecule has 0 saturated carbocycles. The maximum absolute atomic E-state index is 10.7. The highest BCUT2D eigenvalue weighted by Crippen LogP contribution is 2.25. The zero-order valence-corrected chi connectivity index (χ0v) is 19.0. The normalized spacial score (nSPS) is 15.6. The number of fused-ring (bicyclic) bond motifs is 1. The summed E-state index contributed by atoms with van der Waals surface area (Å²) in [5, 5.41) is 0. The second-order valence-electron chi connectivity index (χ2n) is 7.29. The minimum Gasteiger partial charge on any atom is -0.362 e. The zero-order valence-electron chi connectivity index (χ0n) is 18.2. The van der Waals surface area contributed by atoms with Crippen LogP contribution in [-0.2, 0) is 4.79 Å². The summed E-state index contributed by atoms with van der Waals surface area (Å²) in [5.74, 6) is -1.43. The molecule has 2 N–H and O–H groups in total. The van der Waals surface area contributed by atoms with Crippen molar-refractivity contribution in [1.29, 1.82) is 0 Å². The van der Waals surface area contributed by atoms with Crippen molar-refractivity contribution in [2.75, 3.05) is 37.3 Å². The van der Waals surface area contributed by atoms with E-state index >= 15 is 0 Å². The summed E-state index contributed by atoms with van der Waals surface area (Å²) in [6, 6.07) is 6.73. The van der Waals surface area contributed by atoms with Crippen LogP contribution in [0.4, 0.5) is 19.1 Å².